The molecule has 15 heavy (non-hydrogen) atoms. The van der Waals surface area contributed by atoms with E-state index in [0.717, 1.165) is 22.5 Å². The van der Waals surface area contributed by atoms with Crippen LogP contribution in [-0.2, 0) is 13.5 Å². The van der Waals surface area contributed by atoms with E-state index in [1.807, 2.05) is 13.1 Å². The molecule has 0 fully saturated rings. The first kappa shape index (κ1) is 10.5. The van der Waals surface area contributed by atoms with Crippen LogP contribution < -0.4 is 0 Å². The van der Waals surface area contributed by atoms with Crippen molar-refractivity contribution in [1.82, 2.24) is 9.55 Å². The molecule has 0 unspecified atom stereocenters. The van der Waals surface area contributed by atoms with Gasteiger partial charge in [-0.25, -0.2) is 4.98 Å². The van der Waals surface area contributed by atoms with Crippen LogP contribution in [-0.4, -0.2) is 9.55 Å². The lowest BCUT2D eigenvalue weighted by atomic mass is 10.1. The molecule has 2 rings (SSSR count). The van der Waals surface area contributed by atoms with Crippen molar-refractivity contribution < 1.29 is 0 Å². The second kappa shape index (κ2) is 3.86. The number of nitrogens with zero attached hydrogens (tertiary/aromatic N) is 2. The summed E-state index contributed by atoms with van der Waals surface area (Å²) >= 11 is 6.13. The molecule has 0 amide bonds. The van der Waals surface area contributed by atoms with Gasteiger partial charge in [-0.15, -0.1) is 0 Å². The van der Waals surface area contributed by atoms with Gasteiger partial charge in [-0.2, -0.15) is 0 Å². The summed E-state index contributed by atoms with van der Waals surface area (Å²) in [4.78, 5) is 4.35. The van der Waals surface area contributed by atoms with Crippen LogP contribution in [0.4, 0.5) is 0 Å². The summed E-state index contributed by atoms with van der Waals surface area (Å²) in [6, 6.07) is 3.98. The molecule has 0 atom stereocenters. The van der Waals surface area contributed by atoms with Gasteiger partial charge in [0.1, 0.15) is 5.65 Å². The lowest BCUT2D eigenvalue weighted by Gasteiger charge is -2.05. The van der Waals surface area contributed by atoms with Gasteiger partial charge in [0.25, 0.3) is 0 Å². The minimum Gasteiger partial charge on any atom is -0.333 e. The van der Waals surface area contributed by atoms with Crippen molar-refractivity contribution in [3.8, 4) is 0 Å². The van der Waals surface area contributed by atoms with E-state index in [1.165, 1.54) is 5.69 Å². The number of aromatic nitrogens is 2. The zero-order chi connectivity index (χ0) is 11.0. The zero-order valence-corrected chi connectivity index (χ0v) is 10.0. The summed E-state index contributed by atoms with van der Waals surface area (Å²) in [5.41, 5.74) is 2.26. The third-order valence-corrected chi connectivity index (χ3v) is 2.92. The number of rotatable bonds is 2. The van der Waals surface area contributed by atoms with E-state index in [1.54, 1.807) is 6.20 Å². The number of halogens is 1. The number of hydrogen-bond acceptors (Lipinski definition) is 1. The SMILES string of the molecule is CC(C)Cc1cc2c(Cl)ccnc2n1C. The van der Waals surface area contributed by atoms with Crippen molar-refractivity contribution in [2.45, 2.75) is 20.3 Å². The molecular weight excluding hydrogens is 208 g/mol. The third-order valence-electron chi connectivity index (χ3n) is 2.59. The normalized spacial score (nSPS) is 11.5. The molecule has 2 aromatic rings. The van der Waals surface area contributed by atoms with E-state index in [9.17, 15) is 0 Å². The second-order valence-corrected chi connectivity index (χ2v) is 4.73. The largest absolute Gasteiger partial charge is 0.333 e. The average Bonchev–Trinajstić information content (AvgIpc) is 2.46. The number of hydrogen-bond donors (Lipinski definition) is 0. The third kappa shape index (κ3) is 1.86. The Hall–Kier alpha value is -1.02. The van der Waals surface area contributed by atoms with Crippen molar-refractivity contribution >= 4 is 22.6 Å². The van der Waals surface area contributed by atoms with Gasteiger partial charge in [-0.1, -0.05) is 25.4 Å². The molecule has 0 aliphatic rings. The molecule has 2 heterocycles. The topological polar surface area (TPSA) is 17.8 Å². The van der Waals surface area contributed by atoms with E-state index in [-0.39, 0.29) is 0 Å². The Kier molecular flexibility index (Phi) is 2.70. The van der Waals surface area contributed by atoms with Gasteiger partial charge in [0, 0.05) is 24.3 Å². The zero-order valence-electron chi connectivity index (χ0n) is 9.29. The maximum absolute atomic E-state index is 6.13. The standard InChI is InChI=1S/C12H15ClN2/c1-8(2)6-9-7-10-11(13)4-5-14-12(10)15(9)3/h4-5,7-8H,6H2,1-3H3. The van der Waals surface area contributed by atoms with Gasteiger partial charge in [0.15, 0.2) is 0 Å². The molecule has 0 saturated heterocycles. The molecule has 0 aliphatic carbocycles. The van der Waals surface area contributed by atoms with Gasteiger partial charge < -0.3 is 4.57 Å². The Morgan fingerprint density at radius 2 is 2.20 bits per heavy atom. The van der Waals surface area contributed by atoms with Gasteiger partial charge in [-0.3, -0.25) is 0 Å². The number of aryl methyl sites for hydroxylation is 1. The van der Waals surface area contributed by atoms with Crippen LogP contribution in [0.1, 0.15) is 19.5 Å². The van der Waals surface area contributed by atoms with E-state index < -0.39 is 0 Å². The van der Waals surface area contributed by atoms with Gasteiger partial charge >= 0.3 is 0 Å². The molecule has 0 N–H and O–H groups in total. The average molecular weight is 223 g/mol. The van der Waals surface area contributed by atoms with Crippen LogP contribution in [0.5, 0.6) is 0 Å². The summed E-state index contributed by atoms with van der Waals surface area (Å²) in [6.45, 7) is 4.43. The molecule has 2 nitrogen and oxygen atoms in total. The van der Waals surface area contributed by atoms with Crippen molar-refractivity contribution in [1.29, 1.82) is 0 Å². The van der Waals surface area contributed by atoms with Crippen LogP contribution in [0, 0.1) is 5.92 Å². The van der Waals surface area contributed by atoms with Gasteiger partial charge in [0.05, 0.1) is 5.02 Å². The Morgan fingerprint density at radius 1 is 1.47 bits per heavy atom. The van der Waals surface area contributed by atoms with Crippen molar-refractivity contribution in [2.24, 2.45) is 13.0 Å². The predicted molar refractivity (Wildman–Crippen MR) is 64.3 cm³/mol. The number of pyridine rings is 1. The fourth-order valence-corrected chi connectivity index (χ4v) is 2.05. The Morgan fingerprint density at radius 3 is 2.80 bits per heavy atom. The number of fused-ring (bicyclic) bond motifs is 1. The fourth-order valence-electron chi connectivity index (χ4n) is 1.85. The van der Waals surface area contributed by atoms with E-state index in [0.29, 0.717) is 5.92 Å². The summed E-state index contributed by atoms with van der Waals surface area (Å²) < 4.78 is 2.13. The molecule has 80 valence electrons. The van der Waals surface area contributed by atoms with Crippen molar-refractivity contribution in [2.75, 3.05) is 0 Å². The monoisotopic (exact) mass is 222 g/mol. The second-order valence-electron chi connectivity index (χ2n) is 4.32. The first-order chi connectivity index (χ1) is 7.09. The molecule has 3 heteroatoms. The molecule has 0 radical (unpaired) electrons. The Balaban J connectivity index is 2.59. The highest BCUT2D eigenvalue weighted by atomic mass is 35.5. The Labute approximate surface area is 94.9 Å². The van der Waals surface area contributed by atoms with E-state index in [2.05, 4.69) is 29.5 Å². The first-order valence-electron chi connectivity index (χ1n) is 5.18. The van der Waals surface area contributed by atoms with Crippen LogP contribution in [0.3, 0.4) is 0 Å². The van der Waals surface area contributed by atoms with Crippen molar-refractivity contribution in [3.05, 3.63) is 29.0 Å². The van der Waals surface area contributed by atoms with E-state index in [4.69, 9.17) is 11.6 Å². The summed E-state index contributed by atoms with van der Waals surface area (Å²) in [5.74, 6) is 0.645. The lowest BCUT2D eigenvalue weighted by molar-refractivity contribution is 0.619. The minimum atomic E-state index is 0.645. The quantitative estimate of drug-likeness (QED) is 0.761. The van der Waals surface area contributed by atoms with Crippen molar-refractivity contribution in [3.63, 3.8) is 0 Å². The smallest absolute Gasteiger partial charge is 0.141 e. The molecule has 0 bridgehead atoms. The molecule has 0 saturated carbocycles. The van der Waals surface area contributed by atoms with Gasteiger partial charge in [-0.05, 0) is 24.5 Å². The van der Waals surface area contributed by atoms with Crippen LogP contribution >= 0.6 is 11.6 Å². The highest BCUT2D eigenvalue weighted by Gasteiger charge is 2.10. The molecule has 0 aliphatic heterocycles. The highest BCUT2D eigenvalue weighted by molar-refractivity contribution is 6.35. The molecule has 0 spiro atoms. The Bertz CT molecular complexity index is 486. The van der Waals surface area contributed by atoms with Crippen LogP contribution in [0.25, 0.3) is 11.0 Å². The van der Waals surface area contributed by atoms with Crippen LogP contribution in [0.15, 0.2) is 18.3 Å². The van der Waals surface area contributed by atoms with E-state index >= 15 is 0 Å². The van der Waals surface area contributed by atoms with Gasteiger partial charge in [0.2, 0.25) is 0 Å². The molecule has 0 aromatic carbocycles. The summed E-state index contributed by atoms with van der Waals surface area (Å²) in [5, 5.41) is 1.84. The minimum absolute atomic E-state index is 0.645. The first-order valence-corrected chi connectivity index (χ1v) is 5.56. The maximum Gasteiger partial charge on any atom is 0.141 e. The predicted octanol–water partition coefficient (Wildman–Crippen LogP) is 3.43. The fraction of sp³-hybridized carbons (Fsp3) is 0.417. The summed E-state index contributed by atoms with van der Waals surface area (Å²) in [7, 11) is 2.05. The summed E-state index contributed by atoms with van der Waals surface area (Å²) in [6.07, 6.45) is 2.81. The highest BCUT2D eigenvalue weighted by Crippen LogP contribution is 2.25. The molecule has 2 aromatic heterocycles. The lowest BCUT2D eigenvalue weighted by Crippen LogP contribution is -2.01. The molecular formula is C12H15ClN2. The maximum atomic E-state index is 6.13. The van der Waals surface area contributed by atoms with Crippen LogP contribution in [0.2, 0.25) is 5.02 Å².